The van der Waals surface area contributed by atoms with E-state index in [1.54, 1.807) is 27.8 Å². The van der Waals surface area contributed by atoms with Crippen molar-refractivity contribution in [3.05, 3.63) is 52.1 Å². The number of amides is 2. The number of carbonyl (C=O) groups is 3. The van der Waals surface area contributed by atoms with E-state index in [4.69, 9.17) is 0 Å². The molecule has 1 aliphatic rings. The van der Waals surface area contributed by atoms with Crippen LogP contribution >= 0.6 is 0 Å². The molecule has 0 unspecified atom stereocenters. The highest BCUT2D eigenvalue weighted by atomic mass is 19.1. The van der Waals surface area contributed by atoms with Crippen LogP contribution in [0.25, 0.3) is 0 Å². The minimum Gasteiger partial charge on any atom is -0.393 e. The third-order valence-corrected chi connectivity index (χ3v) is 5.44. The Balaban J connectivity index is 1.83. The van der Waals surface area contributed by atoms with Gasteiger partial charge in [-0.25, -0.2) is 4.39 Å². The van der Waals surface area contributed by atoms with Crippen molar-refractivity contribution >= 4 is 23.3 Å². The summed E-state index contributed by atoms with van der Waals surface area (Å²) >= 11 is 0. The summed E-state index contributed by atoms with van der Waals surface area (Å²) in [6, 6.07) is 4.03. The summed E-state index contributed by atoms with van der Waals surface area (Å²) in [5.74, 6) is -2.30. The second-order valence-corrected chi connectivity index (χ2v) is 7.54. The lowest BCUT2D eigenvalue weighted by molar-refractivity contribution is -0.119. The first-order valence-electron chi connectivity index (χ1n) is 9.36. The van der Waals surface area contributed by atoms with Crippen LogP contribution in [-0.2, 0) is 11.8 Å². The van der Waals surface area contributed by atoms with Crippen LogP contribution in [0.5, 0.6) is 0 Å². The summed E-state index contributed by atoms with van der Waals surface area (Å²) < 4.78 is 15.0. The number of aliphatic hydroxyl groups excluding tert-OH is 1. The van der Waals surface area contributed by atoms with E-state index in [-0.39, 0.29) is 17.6 Å². The van der Waals surface area contributed by atoms with E-state index in [1.807, 2.05) is 0 Å². The quantitative estimate of drug-likeness (QED) is 0.528. The summed E-state index contributed by atoms with van der Waals surface area (Å²) in [7, 11) is 1.62. The molecule has 3 N–H and O–H groups in total. The van der Waals surface area contributed by atoms with Crippen molar-refractivity contribution in [2.24, 2.45) is 7.05 Å². The molecule has 8 heteroatoms. The normalized spacial score (nSPS) is 18.1. The molecular formula is C21H24FN3O4. The molecule has 3 rings (SSSR count). The molecule has 0 saturated heterocycles. The molecule has 29 heavy (non-hydrogen) atoms. The molecule has 1 fully saturated rings. The number of anilines is 1. The molecule has 1 aromatic heterocycles. The number of ketones is 1. The molecule has 0 spiro atoms. The number of hydrogen-bond donors (Lipinski definition) is 3. The molecule has 2 amide bonds. The standard InChI is InChI=1S/C21H24FN3O4/c1-10-7-13(5-6-16(10)22)23-20(28)17-11(2)18(25(4)12(17)3)19(27)21(29)24-14-8-15(26)9-14/h5-7,14-15,26H,8-9H2,1-4H3,(H,23,28)(H,24,29). The highest BCUT2D eigenvalue weighted by molar-refractivity contribution is 6.43. The summed E-state index contributed by atoms with van der Waals surface area (Å²) in [6.07, 6.45) is 0.406. The van der Waals surface area contributed by atoms with Crippen molar-refractivity contribution in [2.75, 3.05) is 5.32 Å². The van der Waals surface area contributed by atoms with Crippen molar-refractivity contribution < 1.29 is 23.9 Å². The van der Waals surface area contributed by atoms with Crippen LogP contribution in [0, 0.1) is 26.6 Å². The molecule has 0 aliphatic heterocycles. The number of aryl methyl sites for hydroxylation is 1. The van der Waals surface area contributed by atoms with Crippen LogP contribution < -0.4 is 10.6 Å². The van der Waals surface area contributed by atoms with Gasteiger partial charge in [-0.15, -0.1) is 0 Å². The highest BCUT2D eigenvalue weighted by Gasteiger charge is 2.33. The first kappa shape index (κ1) is 20.7. The molecular weight excluding hydrogens is 377 g/mol. The summed E-state index contributed by atoms with van der Waals surface area (Å²) in [5, 5.41) is 14.6. The Morgan fingerprint density at radius 2 is 1.83 bits per heavy atom. The number of nitrogens with one attached hydrogen (secondary N) is 2. The Kier molecular flexibility index (Phi) is 5.57. The van der Waals surface area contributed by atoms with Gasteiger partial charge in [0, 0.05) is 24.5 Å². The number of aromatic nitrogens is 1. The van der Waals surface area contributed by atoms with Gasteiger partial charge in [0.05, 0.1) is 17.4 Å². The van der Waals surface area contributed by atoms with E-state index in [9.17, 15) is 23.9 Å². The molecule has 0 atom stereocenters. The van der Waals surface area contributed by atoms with Crippen LogP contribution in [0.4, 0.5) is 10.1 Å². The van der Waals surface area contributed by atoms with Crippen molar-refractivity contribution in [3.63, 3.8) is 0 Å². The lowest BCUT2D eigenvalue weighted by Crippen LogP contribution is -2.49. The lowest BCUT2D eigenvalue weighted by Gasteiger charge is -2.31. The number of halogens is 1. The van der Waals surface area contributed by atoms with Crippen LogP contribution in [-0.4, -0.2) is 39.4 Å². The van der Waals surface area contributed by atoms with Crippen molar-refractivity contribution in [3.8, 4) is 0 Å². The zero-order valence-electron chi connectivity index (χ0n) is 16.8. The van der Waals surface area contributed by atoms with Gasteiger partial charge in [-0.1, -0.05) is 0 Å². The van der Waals surface area contributed by atoms with Crippen molar-refractivity contribution in [1.29, 1.82) is 0 Å². The maximum atomic E-state index is 13.4. The van der Waals surface area contributed by atoms with E-state index in [1.165, 1.54) is 22.8 Å². The average Bonchev–Trinajstić information content (AvgIpc) is 2.85. The Morgan fingerprint density at radius 3 is 2.41 bits per heavy atom. The molecule has 1 aliphatic carbocycles. The van der Waals surface area contributed by atoms with Crippen LogP contribution in [0.1, 0.15) is 50.5 Å². The van der Waals surface area contributed by atoms with Gasteiger partial charge in [0.2, 0.25) is 0 Å². The van der Waals surface area contributed by atoms with Gasteiger partial charge in [0.25, 0.3) is 17.6 Å². The maximum Gasteiger partial charge on any atom is 0.294 e. The number of benzene rings is 1. The third kappa shape index (κ3) is 3.93. The largest absolute Gasteiger partial charge is 0.393 e. The van der Waals surface area contributed by atoms with E-state index < -0.39 is 23.7 Å². The van der Waals surface area contributed by atoms with Crippen LogP contribution in [0.15, 0.2) is 18.2 Å². The topological polar surface area (TPSA) is 100 Å². The highest BCUT2D eigenvalue weighted by Crippen LogP contribution is 2.24. The van der Waals surface area contributed by atoms with E-state index in [0.29, 0.717) is 40.9 Å². The molecule has 154 valence electrons. The van der Waals surface area contributed by atoms with Crippen molar-refractivity contribution in [1.82, 2.24) is 9.88 Å². The molecule has 1 saturated carbocycles. The van der Waals surface area contributed by atoms with Gasteiger partial charge >= 0.3 is 0 Å². The number of Topliss-reactive ketones (excluding diaryl/α,β-unsaturated/α-hetero) is 1. The Morgan fingerprint density at radius 1 is 1.17 bits per heavy atom. The Bertz CT molecular complexity index is 1010. The summed E-state index contributed by atoms with van der Waals surface area (Å²) in [5.41, 5.74) is 2.21. The number of hydrogen-bond acceptors (Lipinski definition) is 4. The zero-order valence-corrected chi connectivity index (χ0v) is 16.8. The van der Waals surface area contributed by atoms with Crippen LogP contribution in [0.3, 0.4) is 0 Å². The maximum absolute atomic E-state index is 13.4. The third-order valence-electron chi connectivity index (χ3n) is 5.44. The van der Waals surface area contributed by atoms with Crippen LogP contribution in [0.2, 0.25) is 0 Å². The molecule has 0 radical (unpaired) electrons. The van der Waals surface area contributed by atoms with Gasteiger partial charge < -0.3 is 20.3 Å². The van der Waals surface area contributed by atoms with E-state index in [2.05, 4.69) is 10.6 Å². The summed E-state index contributed by atoms with van der Waals surface area (Å²) in [4.78, 5) is 37.8. The van der Waals surface area contributed by atoms with Gasteiger partial charge in [-0.05, 0) is 62.9 Å². The molecule has 1 aromatic carbocycles. The molecule has 0 bridgehead atoms. The Labute approximate surface area is 167 Å². The molecule has 1 heterocycles. The lowest BCUT2D eigenvalue weighted by atomic mass is 9.89. The molecule has 7 nitrogen and oxygen atoms in total. The van der Waals surface area contributed by atoms with Gasteiger partial charge in [-0.3, -0.25) is 14.4 Å². The fourth-order valence-corrected chi connectivity index (χ4v) is 3.61. The zero-order chi connectivity index (χ0) is 21.5. The SMILES string of the molecule is Cc1cc(NC(=O)c2c(C)c(C(=O)C(=O)NC3CC(O)C3)n(C)c2C)ccc1F. The predicted octanol–water partition coefficient (Wildman–Crippen LogP) is 2.16. The predicted molar refractivity (Wildman–Crippen MR) is 105 cm³/mol. The number of aliphatic hydroxyl groups is 1. The first-order chi connectivity index (χ1) is 13.6. The fraction of sp³-hybridized carbons (Fsp3) is 0.381. The molecule has 2 aromatic rings. The van der Waals surface area contributed by atoms with E-state index in [0.717, 1.165) is 0 Å². The number of rotatable bonds is 5. The summed E-state index contributed by atoms with van der Waals surface area (Å²) in [6.45, 7) is 4.90. The monoisotopic (exact) mass is 401 g/mol. The number of carbonyl (C=O) groups excluding carboxylic acids is 3. The first-order valence-corrected chi connectivity index (χ1v) is 9.36. The smallest absolute Gasteiger partial charge is 0.294 e. The fourth-order valence-electron chi connectivity index (χ4n) is 3.61. The van der Waals surface area contributed by atoms with Gasteiger partial charge in [0.1, 0.15) is 5.82 Å². The Hall–Kier alpha value is -3.00. The number of nitrogens with zero attached hydrogens (tertiary/aromatic N) is 1. The van der Waals surface area contributed by atoms with Gasteiger partial charge in [-0.2, -0.15) is 0 Å². The van der Waals surface area contributed by atoms with Gasteiger partial charge in [0.15, 0.2) is 0 Å². The van der Waals surface area contributed by atoms with Crippen molar-refractivity contribution in [2.45, 2.75) is 45.8 Å². The second-order valence-electron chi connectivity index (χ2n) is 7.54. The average molecular weight is 401 g/mol. The second kappa shape index (κ2) is 7.79. The minimum atomic E-state index is -0.758. The minimum absolute atomic E-state index is 0.139. The van der Waals surface area contributed by atoms with E-state index >= 15 is 0 Å².